The third-order valence-corrected chi connectivity index (χ3v) is 4.79. The summed E-state index contributed by atoms with van der Waals surface area (Å²) in [7, 11) is 0. The number of halogens is 1. The van der Waals surface area contributed by atoms with E-state index in [4.69, 9.17) is 16.3 Å². The predicted molar refractivity (Wildman–Crippen MR) is 87.5 cm³/mol. The summed E-state index contributed by atoms with van der Waals surface area (Å²) in [5, 5.41) is 0.725. The van der Waals surface area contributed by atoms with Gasteiger partial charge in [0.2, 0.25) is 5.91 Å². The molecule has 1 aromatic rings. The molecule has 2 saturated heterocycles. The molecule has 23 heavy (non-hydrogen) atoms. The number of cyclic esters (lactones) is 1. The van der Waals surface area contributed by atoms with Gasteiger partial charge in [-0.3, -0.25) is 9.69 Å². The van der Waals surface area contributed by atoms with Crippen LogP contribution in [0.15, 0.2) is 24.3 Å². The number of rotatable bonds is 3. The van der Waals surface area contributed by atoms with Crippen LogP contribution in [0.25, 0.3) is 0 Å². The lowest BCUT2D eigenvalue weighted by Crippen LogP contribution is -2.42. The van der Waals surface area contributed by atoms with Gasteiger partial charge in [-0.05, 0) is 30.5 Å². The fourth-order valence-electron chi connectivity index (χ4n) is 3.21. The van der Waals surface area contributed by atoms with Crippen molar-refractivity contribution in [1.29, 1.82) is 0 Å². The van der Waals surface area contributed by atoms with E-state index in [-0.39, 0.29) is 18.5 Å². The number of amides is 2. The molecular formula is C17H21ClN2O3. The van der Waals surface area contributed by atoms with Crippen LogP contribution in [0.3, 0.4) is 0 Å². The second kappa shape index (κ2) is 7.21. The first-order valence-corrected chi connectivity index (χ1v) is 8.46. The molecule has 0 spiro atoms. The van der Waals surface area contributed by atoms with E-state index in [0.29, 0.717) is 25.6 Å². The summed E-state index contributed by atoms with van der Waals surface area (Å²) in [4.78, 5) is 27.4. The zero-order valence-electron chi connectivity index (χ0n) is 13.0. The van der Waals surface area contributed by atoms with Crippen LogP contribution in [0.4, 0.5) is 4.79 Å². The molecule has 0 aromatic heterocycles. The normalized spacial score (nSPS) is 22.0. The van der Waals surface area contributed by atoms with Crippen LogP contribution in [-0.4, -0.2) is 54.6 Å². The zero-order valence-corrected chi connectivity index (χ0v) is 13.8. The Bertz CT molecular complexity index is 576. The van der Waals surface area contributed by atoms with Crippen molar-refractivity contribution in [3.8, 4) is 0 Å². The molecule has 2 heterocycles. The number of likely N-dealkylation sites (tertiary alicyclic amines) is 1. The van der Waals surface area contributed by atoms with Crippen molar-refractivity contribution < 1.29 is 14.3 Å². The molecule has 2 aliphatic rings. The number of hydrogen-bond donors (Lipinski definition) is 0. The summed E-state index contributed by atoms with van der Waals surface area (Å²) in [6.45, 7) is 2.44. The van der Waals surface area contributed by atoms with Crippen molar-refractivity contribution in [3.63, 3.8) is 0 Å². The van der Waals surface area contributed by atoms with Gasteiger partial charge in [-0.25, -0.2) is 4.79 Å². The van der Waals surface area contributed by atoms with Crippen molar-refractivity contribution >= 4 is 23.6 Å². The molecule has 0 N–H and O–H groups in total. The Morgan fingerprint density at radius 2 is 2.00 bits per heavy atom. The second-order valence-electron chi connectivity index (χ2n) is 6.12. The van der Waals surface area contributed by atoms with Crippen LogP contribution in [-0.2, 0) is 9.53 Å². The molecule has 0 bridgehead atoms. The Kier molecular flexibility index (Phi) is 5.06. The van der Waals surface area contributed by atoms with Gasteiger partial charge in [0.05, 0.1) is 6.54 Å². The third kappa shape index (κ3) is 3.96. The molecular weight excluding hydrogens is 316 g/mol. The lowest BCUT2D eigenvalue weighted by atomic mass is 9.94. The van der Waals surface area contributed by atoms with Gasteiger partial charge in [0.25, 0.3) is 0 Å². The molecule has 2 aliphatic heterocycles. The standard InChI is InChI=1S/C17H21ClN2O3/c18-15-6-4-13(5-7-15)14-3-1-2-8-19(11-14)16(21)12-20-9-10-23-17(20)22/h4-7,14H,1-3,8-12H2/t14-/m0/s1. The molecule has 3 rings (SSSR count). The van der Waals surface area contributed by atoms with Gasteiger partial charge in [0.1, 0.15) is 13.2 Å². The number of hydrogen-bond acceptors (Lipinski definition) is 3. The van der Waals surface area contributed by atoms with Crippen LogP contribution < -0.4 is 0 Å². The van der Waals surface area contributed by atoms with Crippen LogP contribution in [0.1, 0.15) is 30.7 Å². The van der Waals surface area contributed by atoms with E-state index in [0.717, 1.165) is 30.8 Å². The van der Waals surface area contributed by atoms with Crippen LogP contribution in [0, 0.1) is 0 Å². The number of carbonyl (C=O) groups is 2. The topological polar surface area (TPSA) is 49.9 Å². The van der Waals surface area contributed by atoms with E-state index >= 15 is 0 Å². The minimum Gasteiger partial charge on any atom is -0.448 e. The number of benzene rings is 1. The van der Waals surface area contributed by atoms with E-state index in [1.165, 1.54) is 10.5 Å². The molecule has 2 fully saturated rings. The summed E-state index contributed by atoms with van der Waals surface area (Å²) in [6.07, 6.45) is 2.78. The van der Waals surface area contributed by atoms with E-state index in [9.17, 15) is 9.59 Å². The highest BCUT2D eigenvalue weighted by Crippen LogP contribution is 2.27. The SMILES string of the molecule is O=C(CN1CCOC1=O)N1CCCC[C@H](c2ccc(Cl)cc2)C1. The summed E-state index contributed by atoms with van der Waals surface area (Å²) in [5.74, 6) is 0.328. The molecule has 2 amide bonds. The molecule has 124 valence electrons. The third-order valence-electron chi connectivity index (χ3n) is 4.54. The van der Waals surface area contributed by atoms with E-state index in [2.05, 4.69) is 0 Å². The van der Waals surface area contributed by atoms with Gasteiger partial charge in [0, 0.05) is 24.0 Å². The first-order chi connectivity index (χ1) is 11.1. The number of nitrogens with zero attached hydrogens (tertiary/aromatic N) is 2. The maximum Gasteiger partial charge on any atom is 0.410 e. The summed E-state index contributed by atoms with van der Waals surface area (Å²) in [5.41, 5.74) is 1.22. The van der Waals surface area contributed by atoms with Crippen molar-refractivity contribution in [2.75, 3.05) is 32.8 Å². The maximum atomic E-state index is 12.5. The van der Waals surface area contributed by atoms with Crippen molar-refractivity contribution in [2.45, 2.75) is 25.2 Å². The lowest BCUT2D eigenvalue weighted by molar-refractivity contribution is -0.131. The average Bonchev–Trinajstić information content (AvgIpc) is 2.80. The van der Waals surface area contributed by atoms with E-state index < -0.39 is 0 Å². The molecule has 5 nitrogen and oxygen atoms in total. The lowest BCUT2D eigenvalue weighted by Gasteiger charge is -2.26. The smallest absolute Gasteiger partial charge is 0.410 e. The van der Waals surface area contributed by atoms with Gasteiger partial charge in [-0.2, -0.15) is 0 Å². The van der Waals surface area contributed by atoms with Gasteiger partial charge in [-0.15, -0.1) is 0 Å². The van der Waals surface area contributed by atoms with Gasteiger partial charge in [-0.1, -0.05) is 30.2 Å². The fraction of sp³-hybridized carbons (Fsp3) is 0.529. The molecule has 0 saturated carbocycles. The maximum absolute atomic E-state index is 12.5. The first kappa shape index (κ1) is 16.1. The van der Waals surface area contributed by atoms with Crippen molar-refractivity contribution in [2.24, 2.45) is 0 Å². The van der Waals surface area contributed by atoms with Crippen molar-refractivity contribution in [3.05, 3.63) is 34.9 Å². The molecule has 6 heteroatoms. The Hall–Kier alpha value is -1.75. The quantitative estimate of drug-likeness (QED) is 0.852. The Morgan fingerprint density at radius 3 is 2.70 bits per heavy atom. The average molecular weight is 337 g/mol. The van der Waals surface area contributed by atoms with Crippen LogP contribution in [0.2, 0.25) is 5.02 Å². The van der Waals surface area contributed by atoms with E-state index in [1.807, 2.05) is 29.2 Å². The zero-order chi connectivity index (χ0) is 16.2. The Morgan fingerprint density at radius 1 is 1.22 bits per heavy atom. The molecule has 0 unspecified atom stereocenters. The minimum absolute atomic E-state index is 0.00436. The fourth-order valence-corrected chi connectivity index (χ4v) is 3.33. The van der Waals surface area contributed by atoms with E-state index in [1.54, 1.807) is 0 Å². The second-order valence-corrected chi connectivity index (χ2v) is 6.56. The molecule has 0 aliphatic carbocycles. The highest BCUT2D eigenvalue weighted by atomic mass is 35.5. The highest BCUT2D eigenvalue weighted by Gasteiger charge is 2.28. The number of carbonyl (C=O) groups excluding carboxylic acids is 2. The number of ether oxygens (including phenoxy) is 1. The molecule has 1 aromatic carbocycles. The highest BCUT2D eigenvalue weighted by molar-refractivity contribution is 6.30. The van der Waals surface area contributed by atoms with Gasteiger partial charge >= 0.3 is 6.09 Å². The van der Waals surface area contributed by atoms with Gasteiger partial charge in [0.15, 0.2) is 0 Å². The Labute approximate surface area is 141 Å². The monoisotopic (exact) mass is 336 g/mol. The van der Waals surface area contributed by atoms with Crippen LogP contribution >= 0.6 is 11.6 Å². The largest absolute Gasteiger partial charge is 0.448 e. The Balaban J connectivity index is 1.65. The van der Waals surface area contributed by atoms with Crippen molar-refractivity contribution in [1.82, 2.24) is 9.80 Å². The first-order valence-electron chi connectivity index (χ1n) is 8.08. The minimum atomic E-state index is -0.387. The summed E-state index contributed by atoms with van der Waals surface area (Å²) in [6, 6.07) is 7.87. The predicted octanol–water partition coefficient (Wildman–Crippen LogP) is 2.89. The molecule has 1 atom stereocenters. The summed E-state index contributed by atoms with van der Waals surface area (Å²) < 4.78 is 4.88. The van der Waals surface area contributed by atoms with Gasteiger partial charge < -0.3 is 9.64 Å². The van der Waals surface area contributed by atoms with Crippen LogP contribution in [0.5, 0.6) is 0 Å². The molecule has 0 radical (unpaired) electrons. The summed E-state index contributed by atoms with van der Waals surface area (Å²) >= 11 is 5.96.